The number of nitrogens with two attached hydrogens (primary N) is 1. The number of hydrogen-bond acceptors (Lipinski definition) is 9. The van der Waals surface area contributed by atoms with Gasteiger partial charge in [-0.15, -0.1) is 0 Å². The molecule has 0 aliphatic carbocycles. The van der Waals surface area contributed by atoms with Crippen molar-refractivity contribution in [2.75, 3.05) is 0 Å². The molecule has 0 bridgehead atoms. The Bertz CT molecular complexity index is 632. The molecule has 0 spiro atoms. The minimum Gasteiger partial charge on any atom is -0.393 e. The van der Waals surface area contributed by atoms with E-state index in [1.54, 1.807) is 6.92 Å². The summed E-state index contributed by atoms with van der Waals surface area (Å²) < 4.78 is 17.8. The van der Waals surface area contributed by atoms with Gasteiger partial charge in [-0.05, 0) is 18.8 Å². The number of hydrogen-bond donors (Lipinski definition) is 6. The Morgan fingerprint density at radius 3 is 2.30 bits per heavy atom. The first-order chi connectivity index (χ1) is 15.2. The van der Waals surface area contributed by atoms with Crippen LogP contribution in [-0.4, -0.2) is 86.4 Å². The minimum absolute atomic E-state index is 0.00693. The van der Waals surface area contributed by atoms with Crippen LogP contribution in [0.2, 0.25) is 0 Å². The summed E-state index contributed by atoms with van der Waals surface area (Å²) in [5.74, 6) is -1.77. The molecular weight excluding hydrogens is 430 g/mol. The van der Waals surface area contributed by atoms with Gasteiger partial charge in [-0.3, -0.25) is 0 Å². The Morgan fingerprint density at radius 2 is 1.73 bits per heavy atom. The van der Waals surface area contributed by atoms with E-state index in [4.69, 9.17) is 19.9 Å². The van der Waals surface area contributed by atoms with E-state index in [1.807, 2.05) is 46.8 Å². The second-order valence-corrected chi connectivity index (χ2v) is 10.6. The van der Waals surface area contributed by atoms with Crippen LogP contribution in [0.4, 0.5) is 0 Å². The van der Waals surface area contributed by atoms with Gasteiger partial charge in [-0.1, -0.05) is 46.8 Å². The summed E-state index contributed by atoms with van der Waals surface area (Å²) in [6.45, 7) is 11.2. The molecule has 0 saturated carbocycles. The zero-order chi connectivity index (χ0) is 25.1. The molecule has 0 aromatic rings. The second kappa shape index (κ2) is 11.9. The monoisotopic (exact) mass is 475 g/mol. The van der Waals surface area contributed by atoms with E-state index in [2.05, 4.69) is 0 Å². The molecule has 2 rings (SSSR count). The van der Waals surface area contributed by atoms with Gasteiger partial charge in [-0.25, -0.2) is 0 Å². The van der Waals surface area contributed by atoms with E-state index in [-0.39, 0.29) is 37.0 Å². The van der Waals surface area contributed by atoms with Gasteiger partial charge in [0, 0.05) is 25.2 Å². The fourth-order valence-corrected chi connectivity index (χ4v) is 4.26. The first-order valence-electron chi connectivity index (χ1n) is 12.1. The normalized spacial score (nSPS) is 42.2. The molecule has 0 radical (unpaired) electrons. The molecule has 2 saturated heterocycles. The van der Waals surface area contributed by atoms with Crippen LogP contribution in [0.25, 0.3) is 0 Å². The van der Waals surface area contributed by atoms with Crippen LogP contribution in [-0.2, 0) is 14.2 Å². The predicted molar refractivity (Wildman–Crippen MR) is 123 cm³/mol. The first-order valence-corrected chi connectivity index (χ1v) is 12.1. The van der Waals surface area contributed by atoms with Crippen LogP contribution in [0.5, 0.6) is 0 Å². The zero-order valence-electron chi connectivity index (χ0n) is 20.7. The van der Waals surface area contributed by atoms with Crippen LogP contribution in [0, 0.1) is 17.8 Å². The molecule has 9 nitrogen and oxygen atoms in total. The third-order valence-corrected chi connectivity index (χ3v) is 6.77. The standard InChI is InChI=1S/C24H45NO8/c1-12(2)7-8-16(32-23-22(29)20(25)21(28)15(6)31-23)9-19-14(5)18(27)11-24(30,33-19)10-17(26)13(3)4/h7-8,12-23,26-30H,9-11,25H2,1-6H3/b8-7+/t14-,15?,16+,17-,18+,19?,20?,21?,22?,23?,24-/m1/s1. The summed E-state index contributed by atoms with van der Waals surface area (Å²) >= 11 is 0. The highest BCUT2D eigenvalue weighted by Crippen LogP contribution is 2.37. The van der Waals surface area contributed by atoms with Crippen LogP contribution in [0.15, 0.2) is 12.2 Å². The van der Waals surface area contributed by atoms with Crippen molar-refractivity contribution in [2.45, 2.75) is 122 Å². The van der Waals surface area contributed by atoms with E-state index in [0.29, 0.717) is 0 Å². The zero-order valence-corrected chi connectivity index (χ0v) is 20.7. The van der Waals surface area contributed by atoms with Crippen molar-refractivity contribution in [1.29, 1.82) is 0 Å². The Balaban J connectivity index is 2.18. The highest BCUT2D eigenvalue weighted by atomic mass is 16.7. The molecule has 0 amide bonds. The maximum Gasteiger partial charge on any atom is 0.186 e. The maximum atomic E-state index is 11.0. The van der Waals surface area contributed by atoms with Crippen LogP contribution in [0.1, 0.15) is 60.8 Å². The van der Waals surface area contributed by atoms with Gasteiger partial charge in [0.15, 0.2) is 12.1 Å². The number of rotatable bonds is 9. The van der Waals surface area contributed by atoms with Gasteiger partial charge in [0.1, 0.15) is 6.10 Å². The number of aliphatic hydroxyl groups is 5. The molecule has 2 aliphatic heterocycles. The van der Waals surface area contributed by atoms with Crippen molar-refractivity contribution in [2.24, 2.45) is 23.5 Å². The third-order valence-electron chi connectivity index (χ3n) is 6.77. The predicted octanol–water partition coefficient (Wildman–Crippen LogP) is 0.649. The molecular formula is C24H45NO8. The fourth-order valence-electron chi connectivity index (χ4n) is 4.26. The summed E-state index contributed by atoms with van der Waals surface area (Å²) in [4.78, 5) is 0. The molecule has 7 N–H and O–H groups in total. The van der Waals surface area contributed by atoms with Crippen molar-refractivity contribution in [3.05, 3.63) is 12.2 Å². The van der Waals surface area contributed by atoms with E-state index in [0.717, 1.165) is 0 Å². The summed E-state index contributed by atoms with van der Waals surface area (Å²) in [6.07, 6.45) is -2.54. The van der Waals surface area contributed by atoms with Gasteiger partial charge in [-0.2, -0.15) is 0 Å². The maximum absolute atomic E-state index is 11.0. The van der Waals surface area contributed by atoms with E-state index in [9.17, 15) is 25.5 Å². The minimum atomic E-state index is -1.66. The lowest BCUT2D eigenvalue weighted by Crippen LogP contribution is -2.61. The van der Waals surface area contributed by atoms with Crippen LogP contribution in [0.3, 0.4) is 0 Å². The molecule has 11 atom stereocenters. The molecule has 2 aliphatic rings. The molecule has 0 aromatic heterocycles. The molecule has 0 aromatic carbocycles. The molecule has 2 fully saturated rings. The average Bonchev–Trinajstić information content (AvgIpc) is 2.71. The lowest BCUT2D eigenvalue weighted by Gasteiger charge is -2.46. The van der Waals surface area contributed by atoms with Gasteiger partial charge in [0.05, 0.1) is 42.7 Å². The SMILES string of the molecule is CC(C)/C=C/[C@@H](CC1O[C@](O)(C[C@@H](O)C(C)C)C[C@H](O)[C@H]1C)OC1OC(C)C(O)C(N)C1O. The number of ether oxygens (including phenoxy) is 3. The molecule has 194 valence electrons. The quantitative estimate of drug-likeness (QED) is 0.264. The second-order valence-electron chi connectivity index (χ2n) is 10.6. The largest absolute Gasteiger partial charge is 0.393 e. The number of aliphatic hydroxyl groups excluding tert-OH is 4. The number of allylic oxidation sites excluding steroid dienone is 1. The molecule has 33 heavy (non-hydrogen) atoms. The lowest BCUT2D eigenvalue weighted by atomic mass is 9.83. The summed E-state index contributed by atoms with van der Waals surface area (Å²) in [6, 6.07) is -0.914. The summed E-state index contributed by atoms with van der Waals surface area (Å²) in [5, 5.41) is 52.5. The van der Waals surface area contributed by atoms with Gasteiger partial charge in [0.2, 0.25) is 0 Å². The molecule has 6 unspecified atom stereocenters. The first kappa shape index (κ1) is 28.6. The van der Waals surface area contributed by atoms with Gasteiger partial charge in [0.25, 0.3) is 0 Å². The summed E-state index contributed by atoms with van der Waals surface area (Å²) in [5.41, 5.74) is 5.94. The third kappa shape index (κ3) is 7.68. The smallest absolute Gasteiger partial charge is 0.186 e. The van der Waals surface area contributed by atoms with E-state index < -0.39 is 60.8 Å². The van der Waals surface area contributed by atoms with Crippen molar-refractivity contribution < 1.29 is 39.7 Å². The van der Waals surface area contributed by atoms with Gasteiger partial charge < -0.3 is 45.5 Å². The van der Waals surface area contributed by atoms with Crippen LogP contribution < -0.4 is 5.73 Å². The molecule has 2 heterocycles. The Hall–Kier alpha value is -0.620. The molecule has 9 heteroatoms. The Labute approximate surface area is 197 Å². The lowest BCUT2D eigenvalue weighted by molar-refractivity contribution is -0.309. The fraction of sp³-hybridized carbons (Fsp3) is 0.917. The van der Waals surface area contributed by atoms with Crippen LogP contribution >= 0.6 is 0 Å². The Morgan fingerprint density at radius 1 is 1.09 bits per heavy atom. The Kier molecular flexibility index (Phi) is 10.3. The van der Waals surface area contributed by atoms with Gasteiger partial charge >= 0.3 is 0 Å². The van der Waals surface area contributed by atoms with Crippen molar-refractivity contribution in [3.8, 4) is 0 Å². The van der Waals surface area contributed by atoms with Crippen molar-refractivity contribution in [3.63, 3.8) is 0 Å². The topological polar surface area (TPSA) is 155 Å². The van der Waals surface area contributed by atoms with Crippen molar-refractivity contribution in [1.82, 2.24) is 0 Å². The summed E-state index contributed by atoms with van der Waals surface area (Å²) in [7, 11) is 0. The highest BCUT2D eigenvalue weighted by molar-refractivity contribution is 4.98. The van der Waals surface area contributed by atoms with Crippen molar-refractivity contribution >= 4 is 0 Å². The van der Waals surface area contributed by atoms with E-state index in [1.165, 1.54) is 0 Å². The highest BCUT2D eigenvalue weighted by Gasteiger charge is 2.47. The van der Waals surface area contributed by atoms with E-state index >= 15 is 0 Å². The average molecular weight is 476 g/mol.